The number of aryl methyl sites for hydroxylation is 1. The number of hydrogen-bond acceptors (Lipinski definition) is 4. The predicted molar refractivity (Wildman–Crippen MR) is 67.5 cm³/mol. The number of aromatic amines is 1. The van der Waals surface area contributed by atoms with Gasteiger partial charge in [0.25, 0.3) is 5.82 Å². The Hall–Kier alpha value is -2.02. The molecule has 0 bridgehead atoms. The van der Waals surface area contributed by atoms with Crippen molar-refractivity contribution in [3.05, 3.63) is 29.8 Å². The number of aliphatic carboxylic acids is 1. The molecule has 6 nitrogen and oxygen atoms in total. The van der Waals surface area contributed by atoms with Gasteiger partial charge in [0, 0.05) is 0 Å². The molecule has 1 aromatic carbocycles. The highest BCUT2D eigenvalue weighted by Gasteiger charge is 2.20. The second-order valence-corrected chi connectivity index (χ2v) is 4.72. The minimum atomic E-state index is -0.903. The first kappa shape index (κ1) is 12.4. The highest BCUT2D eigenvalue weighted by molar-refractivity contribution is 7.99. The van der Waals surface area contributed by atoms with Crippen LogP contribution in [-0.4, -0.2) is 27.0 Å². The number of H-pyrrole nitrogens is 1. The Morgan fingerprint density at radius 1 is 1.50 bits per heavy atom. The van der Waals surface area contributed by atoms with Crippen LogP contribution < -0.4 is 10.5 Å². The van der Waals surface area contributed by atoms with Crippen molar-refractivity contribution in [2.45, 2.75) is 12.1 Å². The fourth-order valence-electron chi connectivity index (χ4n) is 1.45. The number of nitrogens with one attached hydrogen (secondary N) is 1. The van der Waals surface area contributed by atoms with Crippen molar-refractivity contribution in [1.29, 1.82) is 0 Å². The molecule has 4 N–H and O–H groups in total. The number of carboxylic acid groups (broad SMARTS) is 1. The van der Waals surface area contributed by atoms with Crippen molar-refractivity contribution in [2.24, 2.45) is 0 Å². The predicted octanol–water partition coefficient (Wildman–Crippen LogP) is 0.563. The monoisotopic (exact) mass is 265 g/mol. The highest BCUT2D eigenvalue weighted by atomic mass is 32.2. The van der Waals surface area contributed by atoms with Crippen molar-refractivity contribution in [2.75, 3.05) is 11.6 Å². The smallest absolute Gasteiger partial charge is 0.359 e. The van der Waals surface area contributed by atoms with Gasteiger partial charge in [0.2, 0.25) is 0 Å². The van der Waals surface area contributed by atoms with Gasteiger partial charge in [-0.05, 0) is 30.8 Å². The van der Waals surface area contributed by atoms with Gasteiger partial charge >= 0.3 is 11.1 Å². The zero-order chi connectivity index (χ0) is 13.1. The first-order valence-corrected chi connectivity index (χ1v) is 6.23. The van der Waals surface area contributed by atoms with Crippen LogP contribution in [-0.2, 0) is 4.79 Å². The number of hydrogen-bond donors (Lipinski definition) is 3. The third-order valence-corrected chi connectivity index (χ3v) is 3.29. The minimum absolute atomic E-state index is 0.0740. The number of carboxylic acids is 1. The van der Waals surface area contributed by atoms with Gasteiger partial charge in [-0.3, -0.25) is 10.6 Å². The van der Waals surface area contributed by atoms with Crippen LogP contribution in [0.2, 0.25) is 0 Å². The van der Waals surface area contributed by atoms with E-state index >= 15 is 0 Å². The molecule has 0 aliphatic rings. The molecule has 0 aliphatic carbocycles. The fourth-order valence-corrected chi connectivity index (χ4v) is 2.04. The van der Waals surface area contributed by atoms with Crippen molar-refractivity contribution in [3.8, 4) is 11.4 Å². The second kappa shape index (κ2) is 5.09. The lowest BCUT2D eigenvalue weighted by Crippen LogP contribution is -2.47. The van der Waals surface area contributed by atoms with Crippen LogP contribution >= 0.6 is 11.8 Å². The second-order valence-electron chi connectivity index (χ2n) is 3.77. The molecule has 0 atom stereocenters. The number of thioether (sulfide) groups is 1. The van der Waals surface area contributed by atoms with E-state index in [0.29, 0.717) is 11.0 Å². The van der Waals surface area contributed by atoms with Crippen LogP contribution in [0, 0.1) is 6.92 Å². The molecule has 0 unspecified atom stereocenters. The molecule has 0 fully saturated rings. The lowest BCUT2D eigenvalue weighted by Gasteiger charge is -1.97. The van der Waals surface area contributed by atoms with Crippen molar-refractivity contribution in [3.63, 3.8) is 0 Å². The summed E-state index contributed by atoms with van der Waals surface area (Å²) in [5, 5.41) is 15.9. The molecule has 7 heteroatoms. The van der Waals surface area contributed by atoms with E-state index in [1.54, 1.807) is 0 Å². The summed E-state index contributed by atoms with van der Waals surface area (Å²) in [6.07, 6.45) is 0. The summed E-state index contributed by atoms with van der Waals surface area (Å²) in [4.78, 5) is 10.5. The van der Waals surface area contributed by atoms with Crippen LogP contribution in [0.25, 0.3) is 11.4 Å². The molecule has 0 aliphatic heterocycles. The van der Waals surface area contributed by atoms with E-state index in [-0.39, 0.29) is 5.75 Å². The van der Waals surface area contributed by atoms with Crippen molar-refractivity contribution < 1.29 is 14.6 Å². The van der Waals surface area contributed by atoms with Gasteiger partial charge in [-0.25, -0.2) is 0 Å². The maximum Gasteiger partial charge on any atom is 0.359 e. The summed E-state index contributed by atoms with van der Waals surface area (Å²) in [7, 11) is 0. The first-order valence-electron chi connectivity index (χ1n) is 5.25. The summed E-state index contributed by atoms with van der Waals surface area (Å²) < 4.78 is 1.36. The van der Waals surface area contributed by atoms with Crippen LogP contribution in [0.1, 0.15) is 5.56 Å². The van der Waals surface area contributed by atoms with E-state index in [1.165, 1.54) is 4.68 Å². The Bertz CT molecular complexity index is 565. The Morgan fingerprint density at radius 3 is 2.78 bits per heavy atom. The molecule has 18 heavy (non-hydrogen) atoms. The molecule has 1 heterocycles. The molecule has 1 aromatic heterocycles. The Labute approximate surface area is 108 Å². The Balaban J connectivity index is 2.25. The maximum absolute atomic E-state index is 10.5. The van der Waals surface area contributed by atoms with E-state index in [2.05, 4.69) is 10.2 Å². The summed E-state index contributed by atoms with van der Waals surface area (Å²) in [6.45, 7) is 2.00. The minimum Gasteiger partial charge on any atom is -0.481 e. The number of nitrogens with two attached hydrogens (primary N) is 1. The van der Waals surface area contributed by atoms with E-state index in [1.807, 2.05) is 31.2 Å². The number of nitrogen functional groups attached to an aromatic ring is 1. The standard InChI is InChI=1S/C11H12N4O2S/c1-7-2-4-8(5-3-7)10-13-14-11(15(10)12)18-6-9(16)17/h2-5H,6,12H2,1H3,(H,16,17)/p+1. The summed E-state index contributed by atoms with van der Waals surface area (Å²) >= 11 is 1.07. The number of benzene rings is 1. The summed E-state index contributed by atoms with van der Waals surface area (Å²) in [6, 6.07) is 7.80. The average Bonchev–Trinajstić information content (AvgIpc) is 2.69. The highest BCUT2D eigenvalue weighted by Crippen LogP contribution is 2.16. The number of nitrogens with zero attached hydrogens (tertiary/aromatic N) is 2. The SMILES string of the molecule is Cc1ccc(-c2[nH]nc(SCC(=O)O)[n+]2N)cc1. The number of carbonyl (C=O) groups is 1. The molecule has 94 valence electrons. The molecule has 2 aromatic rings. The quantitative estimate of drug-likeness (QED) is 0.426. The van der Waals surface area contributed by atoms with Crippen LogP contribution in [0.4, 0.5) is 0 Å². The van der Waals surface area contributed by atoms with Crippen LogP contribution in [0.15, 0.2) is 29.4 Å². The lowest BCUT2D eigenvalue weighted by atomic mass is 10.1. The van der Waals surface area contributed by atoms with Gasteiger partial charge in [0.15, 0.2) is 0 Å². The van der Waals surface area contributed by atoms with Gasteiger partial charge in [-0.1, -0.05) is 17.7 Å². The molecule has 0 saturated heterocycles. The zero-order valence-electron chi connectivity index (χ0n) is 9.75. The van der Waals surface area contributed by atoms with E-state index in [0.717, 1.165) is 22.9 Å². The van der Waals surface area contributed by atoms with Crippen LogP contribution in [0.3, 0.4) is 0 Å². The molecular formula is C11H13N4O2S+. The first-order chi connectivity index (χ1) is 8.58. The summed E-state index contributed by atoms with van der Waals surface area (Å²) in [5.41, 5.74) is 2.06. The summed E-state index contributed by atoms with van der Waals surface area (Å²) in [5.74, 6) is 5.53. The van der Waals surface area contributed by atoms with E-state index in [4.69, 9.17) is 10.9 Å². The van der Waals surface area contributed by atoms with Crippen molar-refractivity contribution >= 4 is 17.7 Å². The largest absolute Gasteiger partial charge is 0.481 e. The average molecular weight is 265 g/mol. The van der Waals surface area contributed by atoms with Crippen molar-refractivity contribution in [1.82, 2.24) is 10.2 Å². The fraction of sp³-hybridized carbons (Fsp3) is 0.182. The molecule has 2 rings (SSSR count). The Morgan fingerprint density at radius 2 is 2.17 bits per heavy atom. The molecular weight excluding hydrogens is 252 g/mol. The number of rotatable bonds is 4. The van der Waals surface area contributed by atoms with Crippen LogP contribution in [0.5, 0.6) is 0 Å². The molecule has 0 saturated carbocycles. The van der Waals surface area contributed by atoms with E-state index in [9.17, 15) is 4.79 Å². The Kier molecular flexibility index (Phi) is 3.52. The van der Waals surface area contributed by atoms with Gasteiger partial charge < -0.3 is 5.11 Å². The zero-order valence-corrected chi connectivity index (χ0v) is 10.6. The molecule has 0 radical (unpaired) electrons. The maximum atomic E-state index is 10.5. The van der Waals surface area contributed by atoms with Gasteiger partial charge in [0.05, 0.1) is 10.7 Å². The number of aromatic nitrogens is 3. The van der Waals surface area contributed by atoms with Gasteiger partial charge in [-0.15, -0.1) is 9.77 Å². The molecule has 0 spiro atoms. The van der Waals surface area contributed by atoms with Gasteiger partial charge in [0.1, 0.15) is 5.75 Å². The van der Waals surface area contributed by atoms with E-state index < -0.39 is 5.97 Å². The third kappa shape index (κ3) is 2.62. The van der Waals surface area contributed by atoms with Gasteiger partial charge in [-0.2, -0.15) is 0 Å². The third-order valence-electron chi connectivity index (χ3n) is 2.35. The topological polar surface area (TPSA) is 95.9 Å². The lowest BCUT2D eigenvalue weighted by molar-refractivity contribution is -0.666. The molecule has 0 amide bonds. The normalized spacial score (nSPS) is 10.5.